The van der Waals surface area contributed by atoms with Crippen molar-refractivity contribution in [3.8, 4) is 5.75 Å². The summed E-state index contributed by atoms with van der Waals surface area (Å²) in [6.07, 6.45) is -0.421. The lowest BCUT2D eigenvalue weighted by Gasteiger charge is -2.26. The normalized spacial score (nSPS) is 13.0. The summed E-state index contributed by atoms with van der Waals surface area (Å²) in [7, 11) is 0. The lowest BCUT2D eigenvalue weighted by Crippen LogP contribution is -2.54. The topological polar surface area (TPSA) is 93.7 Å². The van der Waals surface area contributed by atoms with Crippen LogP contribution in [0, 0.1) is 5.92 Å². The Morgan fingerprint density at radius 1 is 0.816 bits per heavy atom. The van der Waals surface area contributed by atoms with Gasteiger partial charge in [0.25, 0.3) is 0 Å². The molecule has 0 radical (unpaired) electrons. The Hall–Kier alpha value is -1.90. The monoisotopic (exact) mass is 624 g/mol. The molecule has 0 aromatic heterocycles. The van der Waals surface area contributed by atoms with Crippen LogP contribution in [0.5, 0.6) is 5.75 Å². The maximum atomic E-state index is 13.4. The minimum absolute atomic E-state index is 0.0254. The van der Waals surface area contributed by atoms with Gasteiger partial charge in [0.2, 0.25) is 5.91 Å². The van der Waals surface area contributed by atoms with Crippen LogP contribution in [0.2, 0.25) is 25.1 Å². The molecule has 2 amide bonds. The van der Waals surface area contributed by atoms with Crippen molar-refractivity contribution < 1.29 is 23.9 Å². The standard InChI is InChI=1S/C26H29Cl5N2O5/c1-13(2)11-16(24(35)37-22-20(30)18(28)17(27)19(29)21(22)31)32-23(34)15(12-14-9-7-6-8-10-14)33-25(36)38-26(3,4)5/h6-10,13,15-16H,11-12H2,1-5H3,(H,32,34)(H,33,36)/t15-,16-/m0/s1. The molecule has 12 heteroatoms. The Morgan fingerprint density at radius 2 is 1.34 bits per heavy atom. The molecule has 2 N–H and O–H groups in total. The van der Waals surface area contributed by atoms with Crippen molar-refractivity contribution in [2.45, 2.75) is 65.1 Å². The number of nitrogens with one attached hydrogen (secondary N) is 2. The van der Waals surface area contributed by atoms with Crippen molar-refractivity contribution in [2.75, 3.05) is 0 Å². The quantitative estimate of drug-likeness (QED) is 0.130. The van der Waals surface area contributed by atoms with Gasteiger partial charge in [0.1, 0.15) is 27.7 Å². The third-order valence-corrected chi connectivity index (χ3v) is 7.21. The molecule has 0 fully saturated rings. The molecule has 38 heavy (non-hydrogen) atoms. The molecule has 2 aromatic carbocycles. The smallest absolute Gasteiger partial charge is 0.408 e. The molecule has 2 atom stereocenters. The van der Waals surface area contributed by atoms with E-state index in [1.165, 1.54) is 0 Å². The molecule has 0 bridgehead atoms. The maximum Gasteiger partial charge on any atom is 0.408 e. The van der Waals surface area contributed by atoms with E-state index in [9.17, 15) is 14.4 Å². The van der Waals surface area contributed by atoms with Crippen molar-refractivity contribution in [2.24, 2.45) is 5.92 Å². The summed E-state index contributed by atoms with van der Waals surface area (Å²) in [5.41, 5.74) is 0.0114. The molecule has 0 saturated carbocycles. The fourth-order valence-electron chi connectivity index (χ4n) is 3.31. The highest BCUT2D eigenvalue weighted by Crippen LogP contribution is 2.48. The summed E-state index contributed by atoms with van der Waals surface area (Å²) >= 11 is 30.6. The first kappa shape index (κ1) is 32.3. The van der Waals surface area contributed by atoms with Crippen molar-refractivity contribution in [3.63, 3.8) is 0 Å². The maximum absolute atomic E-state index is 13.4. The minimum atomic E-state index is -1.12. The van der Waals surface area contributed by atoms with Crippen LogP contribution in [0.4, 0.5) is 4.79 Å². The zero-order valence-electron chi connectivity index (χ0n) is 21.5. The van der Waals surface area contributed by atoms with Gasteiger partial charge in [0.05, 0.1) is 15.1 Å². The molecule has 0 aliphatic carbocycles. The number of amides is 2. The van der Waals surface area contributed by atoms with Crippen LogP contribution < -0.4 is 15.4 Å². The summed E-state index contributed by atoms with van der Waals surface area (Å²) in [6.45, 7) is 8.85. The third-order valence-electron chi connectivity index (χ3n) is 4.97. The number of halogens is 5. The lowest BCUT2D eigenvalue weighted by molar-refractivity contribution is -0.140. The Morgan fingerprint density at radius 3 is 1.84 bits per heavy atom. The summed E-state index contributed by atoms with van der Waals surface area (Å²) in [4.78, 5) is 39.1. The molecule has 0 unspecified atom stereocenters. The van der Waals surface area contributed by atoms with Crippen LogP contribution in [-0.4, -0.2) is 35.7 Å². The molecule has 0 heterocycles. The minimum Gasteiger partial charge on any atom is -0.444 e. The highest BCUT2D eigenvalue weighted by atomic mass is 35.5. The van der Waals surface area contributed by atoms with E-state index in [0.29, 0.717) is 0 Å². The third kappa shape index (κ3) is 9.38. The van der Waals surface area contributed by atoms with Crippen LogP contribution in [0.3, 0.4) is 0 Å². The van der Waals surface area contributed by atoms with Crippen molar-refractivity contribution in [1.82, 2.24) is 10.6 Å². The number of ether oxygens (including phenoxy) is 2. The van der Waals surface area contributed by atoms with E-state index in [1.54, 1.807) is 20.8 Å². The van der Waals surface area contributed by atoms with Gasteiger partial charge in [-0.05, 0) is 38.7 Å². The fraction of sp³-hybridized carbons (Fsp3) is 0.423. The lowest BCUT2D eigenvalue weighted by atomic mass is 10.0. The molecular weight excluding hydrogens is 598 g/mol. The average molecular weight is 627 g/mol. The Kier molecular flexibility index (Phi) is 11.9. The predicted molar refractivity (Wildman–Crippen MR) is 152 cm³/mol. The highest BCUT2D eigenvalue weighted by Gasteiger charge is 2.32. The van der Waals surface area contributed by atoms with E-state index in [2.05, 4.69) is 10.6 Å². The second-order valence-electron chi connectivity index (χ2n) is 9.90. The van der Waals surface area contributed by atoms with Crippen LogP contribution in [0.1, 0.15) is 46.6 Å². The SMILES string of the molecule is CC(C)C[C@H](NC(=O)[C@H](Cc1ccccc1)NC(=O)OC(C)(C)C)C(=O)Oc1c(Cl)c(Cl)c(Cl)c(Cl)c1Cl. The first-order valence-electron chi connectivity index (χ1n) is 11.7. The van der Waals surface area contributed by atoms with Crippen molar-refractivity contribution >= 4 is 76.0 Å². The number of alkyl carbamates (subject to hydrolysis) is 1. The Labute approximate surface area is 247 Å². The number of esters is 1. The molecule has 0 aliphatic rings. The van der Waals surface area contributed by atoms with E-state index in [0.717, 1.165) is 5.56 Å². The van der Waals surface area contributed by atoms with E-state index in [4.69, 9.17) is 67.5 Å². The molecule has 2 rings (SSSR count). The van der Waals surface area contributed by atoms with Gasteiger partial charge in [-0.25, -0.2) is 9.59 Å². The highest BCUT2D eigenvalue weighted by molar-refractivity contribution is 6.55. The average Bonchev–Trinajstić information content (AvgIpc) is 2.82. The molecular formula is C26H29Cl5N2O5. The molecule has 0 spiro atoms. The Bertz CT molecular complexity index is 1140. The van der Waals surface area contributed by atoms with Crippen LogP contribution in [0.15, 0.2) is 30.3 Å². The first-order valence-corrected chi connectivity index (χ1v) is 13.6. The number of hydrogen-bond acceptors (Lipinski definition) is 5. The van der Waals surface area contributed by atoms with Crippen LogP contribution >= 0.6 is 58.0 Å². The molecule has 208 valence electrons. The molecule has 0 saturated heterocycles. The van der Waals surface area contributed by atoms with Crippen LogP contribution in [-0.2, 0) is 20.7 Å². The molecule has 0 aliphatic heterocycles. The van der Waals surface area contributed by atoms with Crippen LogP contribution in [0.25, 0.3) is 0 Å². The number of rotatable bonds is 9. The number of carbonyl (C=O) groups excluding carboxylic acids is 3. The summed E-state index contributed by atoms with van der Waals surface area (Å²) < 4.78 is 10.8. The predicted octanol–water partition coefficient (Wildman–Crippen LogP) is 7.53. The summed E-state index contributed by atoms with van der Waals surface area (Å²) in [6, 6.07) is 6.91. The van der Waals surface area contributed by atoms with E-state index < -0.39 is 35.7 Å². The fourth-order valence-corrected chi connectivity index (χ4v) is 4.51. The van der Waals surface area contributed by atoms with E-state index >= 15 is 0 Å². The van der Waals surface area contributed by atoms with Gasteiger partial charge in [-0.3, -0.25) is 4.79 Å². The first-order chi connectivity index (χ1) is 17.6. The van der Waals surface area contributed by atoms with E-state index in [-0.39, 0.29) is 49.6 Å². The molecule has 7 nitrogen and oxygen atoms in total. The van der Waals surface area contributed by atoms with Gasteiger partial charge in [0.15, 0.2) is 5.75 Å². The summed E-state index contributed by atoms with van der Waals surface area (Å²) in [5.74, 6) is -1.79. The largest absolute Gasteiger partial charge is 0.444 e. The van der Waals surface area contributed by atoms with Crippen molar-refractivity contribution in [3.05, 3.63) is 61.0 Å². The van der Waals surface area contributed by atoms with E-state index in [1.807, 2.05) is 44.2 Å². The van der Waals surface area contributed by atoms with Gasteiger partial charge in [-0.1, -0.05) is 102 Å². The van der Waals surface area contributed by atoms with Gasteiger partial charge < -0.3 is 20.1 Å². The van der Waals surface area contributed by atoms with Crippen molar-refractivity contribution in [1.29, 1.82) is 0 Å². The Balaban J connectivity index is 2.31. The second-order valence-corrected chi connectivity index (χ2v) is 11.8. The second kappa shape index (κ2) is 13.9. The van der Waals surface area contributed by atoms with Gasteiger partial charge in [-0.2, -0.15) is 0 Å². The summed E-state index contributed by atoms with van der Waals surface area (Å²) in [5, 5.41) is 4.48. The molecule has 2 aromatic rings. The number of hydrogen-bond donors (Lipinski definition) is 2. The van der Waals surface area contributed by atoms with Gasteiger partial charge in [-0.15, -0.1) is 0 Å². The number of carbonyl (C=O) groups is 3. The zero-order valence-corrected chi connectivity index (χ0v) is 25.2. The zero-order chi connectivity index (χ0) is 28.8. The van der Waals surface area contributed by atoms with Gasteiger partial charge >= 0.3 is 12.1 Å². The number of benzene rings is 2. The van der Waals surface area contributed by atoms with Gasteiger partial charge in [0, 0.05) is 6.42 Å².